The Kier molecular flexibility index (Phi) is 6.46. The van der Waals surface area contributed by atoms with E-state index in [0.29, 0.717) is 12.4 Å². The first-order valence-corrected chi connectivity index (χ1v) is 8.98. The minimum Gasteiger partial charge on any atom is -0.620 e. The molecule has 0 aromatic heterocycles. The average Bonchev–Trinajstić information content (AvgIpc) is 2.29. The zero-order chi connectivity index (χ0) is 12.7. The molecule has 0 saturated carbocycles. The number of rotatable bonds is 5. The van der Waals surface area contributed by atoms with Gasteiger partial charge in [0.05, 0.1) is 18.4 Å². The van der Waals surface area contributed by atoms with Gasteiger partial charge in [0.2, 0.25) is 0 Å². The minimum atomic E-state index is -2.31. The van der Waals surface area contributed by atoms with Crippen LogP contribution < -0.4 is 0 Å². The molecule has 0 amide bonds. The summed E-state index contributed by atoms with van der Waals surface area (Å²) < 4.78 is 10.1. The number of esters is 1. The summed E-state index contributed by atoms with van der Waals surface area (Å²) in [6, 6.07) is 9.13. The molecule has 0 radical (unpaired) electrons. The van der Waals surface area contributed by atoms with E-state index >= 15 is 0 Å². The van der Waals surface area contributed by atoms with E-state index in [0.717, 1.165) is 5.56 Å². The summed E-state index contributed by atoms with van der Waals surface area (Å²) >= 11 is -2.31. The van der Waals surface area contributed by atoms with E-state index in [1.807, 2.05) is 18.2 Å². The van der Waals surface area contributed by atoms with E-state index in [1.165, 1.54) is 6.08 Å². The maximum Gasteiger partial charge on any atom is 0.815 e. The highest BCUT2D eigenvalue weighted by Crippen LogP contribution is 2.19. The van der Waals surface area contributed by atoms with Crippen molar-refractivity contribution in [2.75, 3.05) is 6.61 Å². The van der Waals surface area contributed by atoms with Crippen LogP contribution in [0.3, 0.4) is 0 Å². The molecule has 6 heteroatoms. The first-order valence-electron chi connectivity index (χ1n) is 5.02. The Bertz CT molecular complexity index is 393. The number of ether oxygens (including phenoxy) is 1. The maximum atomic E-state index is 11.4. The Balaban J connectivity index is 2.92. The van der Waals surface area contributed by atoms with E-state index < -0.39 is 18.6 Å². The number of hydrogen-bond acceptors (Lipinski definition) is 3. The molecule has 0 aliphatic heterocycles. The summed E-state index contributed by atoms with van der Waals surface area (Å²) in [5.74, 6) is -0.139. The molecule has 1 aromatic rings. The number of halogens is 2. The van der Waals surface area contributed by atoms with Gasteiger partial charge in [-0.3, -0.25) is 0 Å². The third kappa shape index (κ3) is 5.47. The fourth-order valence-corrected chi connectivity index (χ4v) is 2.15. The standard InChI is InChI=1S/C11H12O3.Al.2ClH/c1-2-14-11(13)8-10(12)9-6-4-3-5-7-9;;;/h3-8,12H,2H2,1H3;;2*1H/q;+3;;/p-3/b10-8-;;;. The van der Waals surface area contributed by atoms with Crippen LogP contribution in [0.4, 0.5) is 0 Å². The van der Waals surface area contributed by atoms with Crippen molar-refractivity contribution >= 4 is 44.5 Å². The van der Waals surface area contributed by atoms with Crippen molar-refractivity contribution in [3.8, 4) is 0 Å². The summed E-state index contributed by atoms with van der Waals surface area (Å²) in [5.41, 5.74) is 0.736. The van der Waals surface area contributed by atoms with Crippen LogP contribution >= 0.6 is 20.1 Å². The zero-order valence-electron chi connectivity index (χ0n) is 9.23. The first kappa shape index (κ1) is 14.4. The Hall–Kier alpha value is -0.658. The van der Waals surface area contributed by atoms with Gasteiger partial charge in [-0.25, -0.2) is 4.79 Å². The molecule has 1 aromatic carbocycles. The van der Waals surface area contributed by atoms with Crippen LogP contribution in [0, 0.1) is 0 Å². The highest BCUT2D eigenvalue weighted by atomic mass is 35.7. The second-order valence-electron chi connectivity index (χ2n) is 3.01. The topological polar surface area (TPSA) is 35.5 Å². The van der Waals surface area contributed by atoms with Crippen LogP contribution in [-0.2, 0) is 13.3 Å². The molecular weight excluding hydrogens is 278 g/mol. The van der Waals surface area contributed by atoms with E-state index in [-0.39, 0.29) is 0 Å². The van der Waals surface area contributed by atoms with Crippen LogP contribution in [0.2, 0.25) is 0 Å². The van der Waals surface area contributed by atoms with Crippen LogP contribution in [0.1, 0.15) is 12.5 Å². The van der Waals surface area contributed by atoms with Gasteiger partial charge in [0.1, 0.15) is 0 Å². The first-order chi connectivity index (χ1) is 8.13. The van der Waals surface area contributed by atoms with Crippen molar-refractivity contribution in [2.24, 2.45) is 0 Å². The molecule has 17 heavy (non-hydrogen) atoms. The number of hydrogen-bond donors (Lipinski definition) is 0. The Labute approximate surface area is 113 Å². The molecule has 3 nitrogen and oxygen atoms in total. The summed E-state index contributed by atoms with van der Waals surface area (Å²) in [6.45, 7) is 2.04. The molecule has 0 aliphatic rings. The summed E-state index contributed by atoms with van der Waals surface area (Å²) in [7, 11) is 11.3. The van der Waals surface area contributed by atoms with Gasteiger partial charge in [-0.05, 0) is 6.92 Å². The van der Waals surface area contributed by atoms with Crippen LogP contribution in [0.25, 0.3) is 5.76 Å². The molecule has 0 unspecified atom stereocenters. The van der Waals surface area contributed by atoms with Crippen LogP contribution in [-0.4, -0.2) is 25.2 Å². The van der Waals surface area contributed by atoms with Gasteiger partial charge in [0, 0.05) is 5.56 Å². The van der Waals surface area contributed by atoms with Gasteiger partial charge in [0.15, 0.2) is 0 Å². The molecule has 0 fully saturated rings. The summed E-state index contributed by atoms with van der Waals surface area (Å²) in [6.07, 6.45) is 1.25. The van der Waals surface area contributed by atoms with Crippen molar-refractivity contribution in [3.63, 3.8) is 0 Å². The molecule has 0 N–H and O–H groups in total. The monoisotopic (exact) mass is 288 g/mol. The molecule has 90 valence electrons. The Morgan fingerprint density at radius 2 is 2.00 bits per heavy atom. The second kappa shape index (κ2) is 7.63. The van der Waals surface area contributed by atoms with E-state index in [4.69, 9.17) is 28.6 Å². The molecule has 0 spiro atoms. The number of carbonyl (C=O) groups is 1. The lowest BCUT2D eigenvalue weighted by Crippen LogP contribution is -2.06. The molecule has 0 heterocycles. The molecule has 0 aliphatic carbocycles. The quantitative estimate of drug-likeness (QED) is 0.362. The normalized spacial score (nSPS) is 10.9. The number of benzene rings is 1. The van der Waals surface area contributed by atoms with Crippen molar-refractivity contribution < 1.29 is 13.3 Å². The smallest absolute Gasteiger partial charge is 0.620 e. The van der Waals surface area contributed by atoms with Gasteiger partial charge < -0.3 is 8.53 Å². The minimum absolute atomic E-state index is 0.306. The molecule has 0 atom stereocenters. The predicted octanol–water partition coefficient (Wildman–Crippen LogP) is 3.07. The highest BCUT2D eigenvalue weighted by molar-refractivity contribution is 7.31. The predicted molar refractivity (Wildman–Crippen MR) is 69.6 cm³/mol. The highest BCUT2D eigenvalue weighted by Gasteiger charge is 2.20. The van der Waals surface area contributed by atoms with Gasteiger partial charge >= 0.3 is 18.6 Å². The summed E-state index contributed by atoms with van der Waals surface area (Å²) in [4.78, 5) is 11.4. The summed E-state index contributed by atoms with van der Waals surface area (Å²) in [5, 5.41) is 0. The zero-order valence-corrected chi connectivity index (χ0v) is 11.9. The SMILES string of the molecule is CCOC(=O)/C=C(\[O][Al]([Cl])[Cl])c1ccccc1. The van der Waals surface area contributed by atoms with Crippen molar-refractivity contribution in [1.29, 1.82) is 0 Å². The lowest BCUT2D eigenvalue weighted by Gasteiger charge is -2.10. The van der Waals surface area contributed by atoms with Gasteiger partial charge in [-0.1, -0.05) is 30.3 Å². The number of carbonyl (C=O) groups excluding carboxylic acids is 1. The Morgan fingerprint density at radius 3 is 2.53 bits per heavy atom. The van der Waals surface area contributed by atoms with Crippen LogP contribution in [0.15, 0.2) is 36.4 Å². The Morgan fingerprint density at radius 1 is 1.35 bits per heavy atom. The lowest BCUT2D eigenvalue weighted by atomic mass is 10.2. The average molecular weight is 289 g/mol. The van der Waals surface area contributed by atoms with E-state index in [9.17, 15) is 4.79 Å². The molecule has 0 saturated heterocycles. The molecule has 1 rings (SSSR count). The van der Waals surface area contributed by atoms with Crippen LogP contribution in [0.5, 0.6) is 0 Å². The maximum absolute atomic E-state index is 11.4. The van der Waals surface area contributed by atoms with Gasteiger partial charge in [-0.15, -0.1) is 0 Å². The molecular formula is C11H11AlCl2O3. The fraction of sp³-hybridized carbons (Fsp3) is 0.182. The lowest BCUT2D eigenvalue weighted by molar-refractivity contribution is -0.137. The van der Waals surface area contributed by atoms with Gasteiger partial charge in [-0.2, -0.15) is 20.1 Å². The fourth-order valence-electron chi connectivity index (χ4n) is 1.17. The van der Waals surface area contributed by atoms with E-state index in [1.54, 1.807) is 19.1 Å². The van der Waals surface area contributed by atoms with Crippen molar-refractivity contribution in [2.45, 2.75) is 6.92 Å². The van der Waals surface area contributed by atoms with E-state index in [2.05, 4.69) is 0 Å². The molecule has 0 bridgehead atoms. The largest absolute Gasteiger partial charge is 0.815 e. The van der Waals surface area contributed by atoms with Gasteiger partial charge in [0.25, 0.3) is 0 Å². The third-order valence-corrected chi connectivity index (χ3v) is 2.78. The van der Waals surface area contributed by atoms with Crippen molar-refractivity contribution in [1.82, 2.24) is 0 Å². The van der Waals surface area contributed by atoms with Crippen molar-refractivity contribution in [3.05, 3.63) is 42.0 Å². The second-order valence-corrected chi connectivity index (χ2v) is 6.81. The third-order valence-electron chi connectivity index (χ3n) is 1.81.